The lowest BCUT2D eigenvalue weighted by molar-refractivity contribution is 0.127. The standard InChI is InChI=1S/C12H25NOS/c1-10(2)11(9-15)8-13(6-7-14-3)12-4-5-12/h10-12,15H,4-9H2,1-3H3. The van der Waals surface area contributed by atoms with Crippen molar-refractivity contribution in [2.45, 2.75) is 32.7 Å². The molecule has 90 valence electrons. The first-order valence-corrected chi connectivity index (χ1v) is 6.66. The highest BCUT2D eigenvalue weighted by Crippen LogP contribution is 2.28. The monoisotopic (exact) mass is 231 g/mol. The molecule has 0 amide bonds. The van der Waals surface area contributed by atoms with E-state index in [0.717, 1.165) is 30.9 Å². The van der Waals surface area contributed by atoms with E-state index >= 15 is 0 Å². The first kappa shape index (κ1) is 13.3. The van der Waals surface area contributed by atoms with E-state index in [1.165, 1.54) is 19.4 Å². The van der Waals surface area contributed by atoms with Gasteiger partial charge in [-0.25, -0.2) is 0 Å². The van der Waals surface area contributed by atoms with Crippen LogP contribution in [0.4, 0.5) is 0 Å². The van der Waals surface area contributed by atoms with E-state index in [1.807, 2.05) is 0 Å². The molecule has 0 aliphatic heterocycles. The molecule has 1 saturated carbocycles. The SMILES string of the molecule is COCCN(CC(CS)C(C)C)C1CC1. The summed E-state index contributed by atoms with van der Waals surface area (Å²) in [5.41, 5.74) is 0. The minimum absolute atomic E-state index is 0.714. The summed E-state index contributed by atoms with van der Waals surface area (Å²) in [7, 11) is 1.78. The van der Waals surface area contributed by atoms with Gasteiger partial charge in [0, 0.05) is 26.2 Å². The highest BCUT2D eigenvalue weighted by molar-refractivity contribution is 7.80. The van der Waals surface area contributed by atoms with Crippen LogP contribution in [0.3, 0.4) is 0 Å². The third-order valence-electron chi connectivity index (χ3n) is 3.29. The number of rotatable bonds is 8. The Hall–Kier alpha value is 0.270. The Morgan fingerprint density at radius 1 is 1.40 bits per heavy atom. The molecule has 15 heavy (non-hydrogen) atoms. The average molecular weight is 231 g/mol. The molecule has 1 unspecified atom stereocenters. The van der Waals surface area contributed by atoms with Gasteiger partial charge in [-0.05, 0) is 30.4 Å². The zero-order valence-electron chi connectivity index (χ0n) is 10.3. The first-order valence-electron chi connectivity index (χ1n) is 6.02. The van der Waals surface area contributed by atoms with E-state index < -0.39 is 0 Å². The lowest BCUT2D eigenvalue weighted by Gasteiger charge is -2.28. The van der Waals surface area contributed by atoms with Crippen molar-refractivity contribution in [3.63, 3.8) is 0 Å². The van der Waals surface area contributed by atoms with Crippen molar-refractivity contribution in [1.82, 2.24) is 4.90 Å². The second-order valence-corrected chi connectivity index (χ2v) is 5.27. The Morgan fingerprint density at radius 2 is 2.07 bits per heavy atom. The van der Waals surface area contributed by atoms with Gasteiger partial charge in [0.2, 0.25) is 0 Å². The number of methoxy groups -OCH3 is 1. The minimum Gasteiger partial charge on any atom is -0.383 e. The zero-order chi connectivity index (χ0) is 11.3. The molecule has 0 saturated heterocycles. The highest BCUT2D eigenvalue weighted by atomic mass is 32.1. The number of ether oxygens (including phenoxy) is 1. The summed E-state index contributed by atoms with van der Waals surface area (Å²) in [5.74, 6) is 2.44. The molecule has 0 spiro atoms. The lowest BCUT2D eigenvalue weighted by atomic mass is 9.97. The molecule has 0 radical (unpaired) electrons. The molecule has 0 N–H and O–H groups in total. The summed E-state index contributed by atoms with van der Waals surface area (Å²) < 4.78 is 5.17. The van der Waals surface area contributed by atoms with Gasteiger partial charge in [-0.15, -0.1) is 0 Å². The van der Waals surface area contributed by atoms with E-state index in [1.54, 1.807) is 7.11 Å². The Morgan fingerprint density at radius 3 is 2.47 bits per heavy atom. The van der Waals surface area contributed by atoms with Crippen LogP contribution in [-0.2, 0) is 4.74 Å². The summed E-state index contributed by atoms with van der Waals surface area (Å²) in [6.07, 6.45) is 2.75. The van der Waals surface area contributed by atoms with Crippen LogP contribution in [0.15, 0.2) is 0 Å². The van der Waals surface area contributed by atoms with Crippen LogP contribution >= 0.6 is 12.6 Å². The number of hydrogen-bond donors (Lipinski definition) is 1. The van der Waals surface area contributed by atoms with Crippen LogP contribution in [0.25, 0.3) is 0 Å². The van der Waals surface area contributed by atoms with Crippen LogP contribution < -0.4 is 0 Å². The molecule has 1 atom stereocenters. The van der Waals surface area contributed by atoms with Crippen molar-refractivity contribution in [2.75, 3.05) is 32.6 Å². The summed E-state index contributed by atoms with van der Waals surface area (Å²) in [4.78, 5) is 2.59. The predicted molar refractivity (Wildman–Crippen MR) is 68.7 cm³/mol. The zero-order valence-corrected chi connectivity index (χ0v) is 11.2. The van der Waals surface area contributed by atoms with E-state index in [9.17, 15) is 0 Å². The second-order valence-electron chi connectivity index (χ2n) is 4.91. The molecule has 0 heterocycles. The molecule has 1 fully saturated rings. The summed E-state index contributed by atoms with van der Waals surface area (Å²) >= 11 is 4.45. The van der Waals surface area contributed by atoms with Gasteiger partial charge in [0.25, 0.3) is 0 Å². The maximum Gasteiger partial charge on any atom is 0.0589 e. The third-order valence-corrected chi connectivity index (χ3v) is 3.76. The van der Waals surface area contributed by atoms with Gasteiger partial charge in [0.15, 0.2) is 0 Å². The number of thiol groups is 1. The van der Waals surface area contributed by atoms with Crippen LogP contribution in [0, 0.1) is 11.8 Å². The van der Waals surface area contributed by atoms with Crippen molar-refractivity contribution in [1.29, 1.82) is 0 Å². The molecule has 1 aliphatic carbocycles. The maximum atomic E-state index is 5.17. The topological polar surface area (TPSA) is 12.5 Å². The van der Waals surface area contributed by atoms with Gasteiger partial charge in [0.1, 0.15) is 0 Å². The van der Waals surface area contributed by atoms with E-state index in [0.29, 0.717) is 5.92 Å². The van der Waals surface area contributed by atoms with Crippen LogP contribution in [0.2, 0.25) is 0 Å². The molecular weight excluding hydrogens is 206 g/mol. The van der Waals surface area contributed by atoms with Crippen molar-refractivity contribution in [2.24, 2.45) is 11.8 Å². The molecule has 0 bridgehead atoms. The van der Waals surface area contributed by atoms with E-state index in [-0.39, 0.29) is 0 Å². The van der Waals surface area contributed by atoms with Gasteiger partial charge >= 0.3 is 0 Å². The molecule has 1 rings (SSSR count). The molecule has 3 heteroatoms. The normalized spacial score (nSPS) is 18.8. The van der Waals surface area contributed by atoms with Crippen molar-refractivity contribution in [3.8, 4) is 0 Å². The average Bonchev–Trinajstić information content (AvgIpc) is 3.01. The fourth-order valence-corrected chi connectivity index (χ4v) is 2.39. The number of nitrogens with zero attached hydrogens (tertiary/aromatic N) is 1. The van der Waals surface area contributed by atoms with Gasteiger partial charge in [-0.1, -0.05) is 13.8 Å². The van der Waals surface area contributed by atoms with Crippen molar-refractivity contribution >= 4 is 12.6 Å². The first-order chi connectivity index (χ1) is 7.19. The van der Waals surface area contributed by atoms with Gasteiger partial charge in [-0.3, -0.25) is 4.90 Å². The fraction of sp³-hybridized carbons (Fsp3) is 1.00. The predicted octanol–water partition coefficient (Wildman–Crippen LogP) is 2.30. The van der Waals surface area contributed by atoms with E-state index in [4.69, 9.17) is 4.74 Å². The van der Waals surface area contributed by atoms with Crippen molar-refractivity contribution < 1.29 is 4.74 Å². The summed E-state index contributed by atoms with van der Waals surface area (Å²) in [6, 6.07) is 0.835. The Labute approximate surface area is 99.8 Å². The lowest BCUT2D eigenvalue weighted by Crippen LogP contribution is -2.36. The molecular formula is C12H25NOS. The fourth-order valence-electron chi connectivity index (χ4n) is 1.85. The highest BCUT2D eigenvalue weighted by Gasteiger charge is 2.30. The molecule has 2 nitrogen and oxygen atoms in total. The molecule has 0 aromatic carbocycles. The quantitative estimate of drug-likeness (QED) is 0.644. The minimum atomic E-state index is 0.714. The van der Waals surface area contributed by atoms with E-state index in [2.05, 4.69) is 31.4 Å². The van der Waals surface area contributed by atoms with Gasteiger partial charge in [-0.2, -0.15) is 12.6 Å². The van der Waals surface area contributed by atoms with Crippen LogP contribution in [-0.4, -0.2) is 43.5 Å². The van der Waals surface area contributed by atoms with Gasteiger partial charge < -0.3 is 4.74 Å². The van der Waals surface area contributed by atoms with Crippen LogP contribution in [0.1, 0.15) is 26.7 Å². The molecule has 0 aromatic rings. The Kier molecular flexibility index (Phi) is 6.02. The van der Waals surface area contributed by atoms with Crippen LogP contribution in [0.5, 0.6) is 0 Å². The summed E-state index contributed by atoms with van der Waals surface area (Å²) in [6.45, 7) is 7.71. The Balaban J connectivity index is 2.34. The van der Waals surface area contributed by atoms with Gasteiger partial charge in [0.05, 0.1) is 6.61 Å². The maximum absolute atomic E-state index is 5.17. The smallest absolute Gasteiger partial charge is 0.0589 e. The largest absolute Gasteiger partial charge is 0.383 e. The van der Waals surface area contributed by atoms with Crippen molar-refractivity contribution in [3.05, 3.63) is 0 Å². The molecule has 0 aromatic heterocycles. The Bertz CT molecular complexity index is 171. The molecule has 1 aliphatic rings. The second kappa shape index (κ2) is 6.77. The number of hydrogen-bond acceptors (Lipinski definition) is 3. The third kappa shape index (κ3) is 4.75. The summed E-state index contributed by atoms with van der Waals surface area (Å²) in [5, 5.41) is 0.